The van der Waals surface area contributed by atoms with E-state index in [9.17, 15) is 48.9 Å². The summed E-state index contributed by atoms with van der Waals surface area (Å²) in [5.74, 6) is -3.51. The number of benzene rings is 3. The van der Waals surface area contributed by atoms with Crippen molar-refractivity contribution in [2.45, 2.75) is 621 Å². The molecule has 0 aliphatic carbocycles. The second-order valence-corrected chi connectivity index (χ2v) is 60.4. The Balaban J connectivity index is 0.000000305. The van der Waals surface area contributed by atoms with Gasteiger partial charge in [0.15, 0.2) is 5.41 Å². The molecule has 0 bridgehead atoms. The normalized spacial score (nSPS) is 21.0. The van der Waals surface area contributed by atoms with Crippen molar-refractivity contribution < 1.29 is 82.2 Å². The maximum Gasteiger partial charge on any atom is 0.363 e. The van der Waals surface area contributed by atoms with Crippen LogP contribution in [0.15, 0.2) is 36.4 Å². The first kappa shape index (κ1) is 129. The Morgan fingerprint density at radius 3 is 0.760 bits per heavy atom. The second kappa shape index (κ2) is 45.7. The van der Waals surface area contributed by atoms with Crippen molar-refractivity contribution in [3.63, 3.8) is 0 Å². The summed E-state index contributed by atoms with van der Waals surface area (Å²) in [5, 5.41) is 56.1. The van der Waals surface area contributed by atoms with Crippen LogP contribution in [0.4, 0.5) is 0 Å². The molecule has 6 fully saturated rings. The minimum atomic E-state index is -2.41. The van der Waals surface area contributed by atoms with Crippen LogP contribution in [0, 0.1) is 10.8 Å². The summed E-state index contributed by atoms with van der Waals surface area (Å²) in [6.45, 7) is 95.9. The lowest BCUT2D eigenvalue weighted by atomic mass is 9.71. The highest BCUT2D eigenvalue weighted by atomic mass is 16.6. The van der Waals surface area contributed by atoms with Crippen LogP contribution in [-0.4, -0.2) is 187 Å². The van der Waals surface area contributed by atoms with E-state index >= 15 is 9.59 Å². The molecule has 9 N–H and O–H groups in total. The summed E-state index contributed by atoms with van der Waals surface area (Å²) in [4.78, 5) is 133. The van der Waals surface area contributed by atoms with Crippen LogP contribution in [0.1, 0.15) is 510 Å². The minimum Gasteiger partial charge on any atom is -0.507 e. The van der Waals surface area contributed by atoms with Crippen LogP contribution >= 0.6 is 0 Å². The lowest BCUT2D eigenvalue weighted by Crippen LogP contribution is -2.65. The van der Waals surface area contributed by atoms with E-state index in [1.807, 2.05) is 199 Å². The fourth-order valence-corrected chi connectivity index (χ4v) is 27.2. The van der Waals surface area contributed by atoms with Gasteiger partial charge in [-0.1, -0.05) is 214 Å². The van der Waals surface area contributed by atoms with E-state index in [4.69, 9.17) is 23.7 Å². The molecule has 0 saturated carbocycles. The number of nitrogens with zero attached hydrogens (tertiary/aromatic N) is 2. The number of hydrogen-bond donors (Lipinski definition) is 9. The molecule has 0 atom stereocenters. The molecule has 25 heteroatoms. The summed E-state index contributed by atoms with van der Waals surface area (Å²) in [6.07, 6.45) is 9.65. The van der Waals surface area contributed by atoms with Gasteiger partial charge in [0, 0.05) is 157 Å². The average molecular weight is 2100 g/mol. The second-order valence-electron chi connectivity index (χ2n) is 60.4. The van der Waals surface area contributed by atoms with Gasteiger partial charge < -0.3 is 80.7 Å². The molecule has 3 aromatic carbocycles. The van der Waals surface area contributed by atoms with Gasteiger partial charge >= 0.3 is 35.4 Å². The Kier molecular flexibility index (Phi) is 39.3. The van der Waals surface area contributed by atoms with Gasteiger partial charge in [-0.05, 0) is 307 Å². The Bertz CT molecular complexity index is 4910. The van der Waals surface area contributed by atoms with E-state index in [2.05, 4.69) is 191 Å². The van der Waals surface area contributed by atoms with E-state index in [1.54, 1.807) is 13.8 Å². The zero-order chi connectivity index (χ0) is 115. The van der Waals surface area contributed by atoms with E-state index in [0.29, 0.717) is 93.1 Å². The summed E-state index contributed by atoms with van der Waals surface area (Å²) in [5.41, 5.74) is -5.48. The first-order valence-corrected chi connectivity index (χ1v) is 56.5. The average Bonchev–Trinajstić information content (AvgIpc) is 0.745. The van der Waals surface area contributed by atoms with Crippen LogP contribution in [-0.2, 0) is 119 Å². The third-order valence-electron chi connectivity index (χ3n) is 31.5. The fraction of sp³-hybridized carbons (Fsp3) is 0.784. The first-order chi connectivity index (χ1) is 67.4. The number of aromatic hydroxyl groups is 3. The third-order valence-corrected chi connectivity index (χ3v) is 31.5. The Hall–Kier alpha value is -7.87. The van der Waals surface area contributed by atoms with Crippen molar-refractivity contribution in [3.8, 4) is 17.2 Å². The van der Waals surface area contributed by atoms with Gasteiger partial charge in [0.1, 0.15) is 47.1 Å². The molecule has 4 amide bonds. The highest BCUT2D eigenvalue weighted by Crippen LogP contribution is 2.51. The molecule has 9 rings (SSSR count). The van der Waals surface area contributed by atoms with E-state index < -0.39 is 115 Å². The number of carbonyl (C=O) groups is 9. The summed E-state index contributed by atoms with van der Waals surface area (Å²) < 4.78 is 31.8. The summed E-state index contributed by atoms with van der Waals surface area (Å²) in [6, 6.07) is 11.4. The number of hydrogen-bond acceptors (Lipinski definition) is 21. The highest BCUT2D eigenvalue weighted by Gasteiger charge is 2.60. The molecule has 0 aromatic heterocycles. The molecule has 6 saturated heterocycles. The highest BCUT2D eigenvalue weighted by molar-refractivity contribution is 6.07. The molecule has 0 spiro atoms. The smallest absolute Gasteiger partial charge is 0.363 e. The molecule has 3 aromatic rings. The molecule has 0 radical (unpaired) electrons. The van der Waals surface area contributed by atoms with Gasteiger partial charge in [-0.15, -0.1) is 0 Å². The number of likely N-dealkylation sites (tertiary alicyclic amines) is 2. The predicted molar refractivity (Wildman–Crippen MR) is 605 cm³/mol. The first-order valence-electron chi connectivity index (χ1n) is 56.5. The predicted octanol–water partition coefficient (Wildman–Crippen LogP) is 24.2. The van der Waals surface area contributed by atoms with E-state index in [-0.39, 0.29) is 134 Å². The number of rotatable bonds is 28. The number of amides is 4. The van der Waals surface area contributed by atoms with Crippen molar-refractivity contribution in [3.05, 3.63) is 86.5 Å². The monoisotopic (exact) mass is 2100 g/mol. The zero-order valence-electron chi connectivity index (χ0n) is 103. The largest absolute Gasteiger partial charge is 0.507 e. The van der Waals surface area contributed by atoms with Crippen molar-refractivity contribution in [2.24, 2.45) is 10.8 Å². The minimum absolute atomic E-state index is 0.0370. The molecule has 6 aliphatic rings. The molecule has 25 nitrogen and oxygen atoms in total. The van der Waals surface area contributed by atoms with Gasteiger partial charge in [0.2, 0.25) is 23.6 Å². The fourth-order valence-electron chi connectivity index (χ4n) is 27.2. The Morgan fingerprint density at radius 1 is 0.313 bits per heavy atom. The van der Waals surface area contributed by atoms with Gasteiger partial charge in [-0.25, -0.2) is 9.59 Å². The lowest BCUT2D eigenvalue weighted by Gasteiger charge is -2.55. The molecule has 852 valence electrons. The van der Waals surface area contributed by atoms with Gasteiger partial charge in [0.25, 0.3) is 0 Å². The topological polar surface area (TPSA) is 339 Å². The van der Waals surface area contributed by atoms with Crippen LogP contribution < -0.4 is 31.9 Å². The molecule has 6 aliphatic heterocycles. The molecule has 150 heavy (non-hydrogen) atoms. The molecule has 0 unspecified atom stereocenters. The van der Waals surface area contributed by atoms with Crippen molar-refractivity contribution in [2.75, 3.05) is 0 Å². The number of ether oxygens (including phenoxy) is 5. The Labute approximate surface area is 907 Å². The molecule has 6 heterocycles. The number of unbranched alkanes of at least 4 members (excludes halogenated alkanes) is 3. The lowest BCUT2D eigenvalue weighted by molar-refractivity contribution is -0.205. The quantitative estimate of drug-likeness (QED) is 0.0185. The zero-order valence-corrected chi connectivity index (χ0v) is 103. The maximum atomic E-state index is 15.1. The van der Waals surface area contributed by atoms with Gasteiger partial charge in [0.05, 0.1) is 0 Å². The molecular formula is C125H210N8O17. The number of esters is 5. The standard InChI is InChI=1S/C44H72N2O7.C41H68N2O7.C40H70N4O3/c1-18-19-20-44(23-30-21-33(38(4,5)6)35(49)34(22-30)39(7,8)9,36(50)52-31-24-40(10,11)45(28(2)47)41(12,13)25-31)37(51)53-32-26-42(14,15)46(29(3)48)43(16,17)27-32;1-16-17-18-31(44)50-41(33(46)48-27-22-37(8,9)42-38(10,11)23-27,34(47)49-28-24-39(12,13)43-40(14,15)25-28)21-26-19-29(35(2,3)4)32(45)30(20-26)36(5,6)7;1-16-17-18-40(32(46)41-27-22-36(8,9)43-37(10,11)23-27,33(47)42-28-24-38(12,13)44-39(14,15)25-28)21-26-19-29(34(2,3)4)31(45)30(20-26)35(5,6)7/h21-22,31-32,49H,18-20,23-27H2,1-17H3;19-20,27-28,42-43,45H,16-18,21-25H2,1-15H3;19-20,27-28,43-45H,16-18,21-25H2,1-15H3,(H,41,46)(H,42,47). The number of phenolic OH excluding ortho intramolecular Hbond substituents is 3. The Morgan fingerprint density at radius 2 is 0.527 bits per heavy atom. The number of nitrogens with one attached hydrogen (secondary N) is 6. The van der Waals surface area contributed by atoms with E-state index in [1.165, 1.54) is 0 Å². The summed E-state index contributed by atoms with van der Waals surface area (Å²) >= 11 is 0. The SMILES string of the molecule is CCCCC(=O)OC(Cc1cc(C(C)(C)C)c(O)c(C(C)(C)C)c1)(C(=O)OC1CC(C)(C)NC(C)(C)C1)C(=O)OC1CC(C)(C)NC(C)(C)C1.CCCCC(Cc1cc(C(C)(C)C)c(O)c(C(C)(C)C)c1)(C(=O)NC1CC(C)(C)NC(C)(C)C1)C(=O)NC1CC(C)(C)NC(C)(C)C1.CCCCC(Cc1cc(C(C)(C)C)c(O)c(C(C)(C)C)c1)(C(=O)OC1CC(C)(C)N(C(C)=O)C(C)(C)C1)C(=O)OC1CC(C)(C)N(C(C)=O)C(C)(C)C1. The van der Waals surface area contributed by atoms with Crippen molar-refractivity contribution in [1.82, 2.24) is 41.7 Å². The molecular weight excluding hydrogens is 1890 g/mol. The number of phenols is 3. The van der Waals surface area contributed by atoms with Gasteiger partial charge in [-0.2, -0.15) is 0 Å². The van der Waals surface area contributed by atoms with Crippen LogP contribution in [0.25, 0.3) is 0 Å². The van der Waals surface area contributed by atoms with Crippen molar-refractivity contribution in [1.29, 1.82) is 0 Å². The summed E-state index contributed by atoms with van der Waals surface area (Å²) in [7, 11) is 0. The van der Waals surface area contributed by atoms with Gasteiger partial charge in [-0.3, -0.25) is 33.6 Å². The van der Waals surface area contributed by atoms with Crippen LogP contribution in [0.3, 0.4) is 0 Å². The van der Waals surface area contributed by atoms with E-state index in [0.717, 1.165) is 84.7 Å². The maximum absolute atomic E-state index is 15.1. The van der Waals surface area contributed by atoms with Crippen LogP contribution in [0.2, 0.25) is 0 Å². The third kappa shape index (κ3) is 33.1. The number of piperidine rings is 6. The van der Waals surface area contributed by atoms with Crippen molar-refractivity contribution >= 4 is 53.5 Å². The number of carbonyl (C=O) groups excluding carboxylic acids is 9. The van der Waals surface area contributed by atoms with Crippen LogP contribution in [0.5, 0.6) is 17.2 Å².